The number of anilines is 3. The van der Waals surface area contributed by atoms with Crippen LogP contribution in [0.1, 0.15) is 0 Å². The molecule has 0 saturated carbocycles. The van der Waals surface area contributed by atoms with Crippen molar-refractivity contribution < 1.29 is 0 Å². The van der Waals surface area contributed by atoms with Crippen molar-refractivity contribution in [1.82, 2.24) is 0 Å². The second-order valence-electron chi connectivity index (χ2n) is 9.34. The van der Waals surface area contributed by atoms with E-state index in [1.807, 2.05) is 22.7 Å². The number of hydrogen-bond donors (Lipinski definition) is 0. The molecule has 0 amide bonds. The van der Waals surface area contributed by atoms with Gasteiger partial charge in [0.2, 0.25) is 0 Å². The number of hydrogen-bond acceptors (Lipinski definition) is 3. The number of para-hydroxylation sites is 1. The normalized spacial score (nSPS) is 11.8. The largest absolute Gasteiger partial charge is 0.308 e. The van der Waals surface area contributed by atoms with E-state index in [1.165, 1.54) is 62.5 Å². The molecule has 0 radical (unpaired) electrons. The van der Waals surface area contributed by atoms with Gasteiger partial charge in [0, 0.05) is 46.7 Å². The van der Waals surface area contributed by atoms with Crippen LogP contribution in [0.2, 0.25) is 0 Å². The topological polar surface area (TPSA) is 3.24 Å². The molecule has 0 aliphatic rings. The van der Waals surface area contributed by atoms with Crippen molar-refractivity contribution in [2.45, 2.75) is 0 Å². The summed E-state index contributed by atoms with van der Waals surface area (Å²) in [7, 11) is 0. The van der Waals surface area contributed by atoms with Crippen molar-refractivity contribution in [2.75, 3.05) is 4.90 Å². The molecule has 0 spiro atoms. The van der Waals surface area contributed by atoms with Gasteiger partial charge in [-0.2, -0.15) is 0 Å². The van der Waals surface area contributed by atoms with E-state index in [4.69, 9.17) is 0 Å². The molecule has 8 rings (SSSR count). The summed E-state index contributed by atoms with van der Waals surface area (Å²) in [6, 6.07) is 46.2. The van der Waals surface area contributed by atoms with Gasteiger partial charge in [0.15, 0.2) is 0 Å². The van der Waals surface area contributed by atoms with Crippen LogP contribution in [0.4, 0.5) is 17.1 Å². The zero-order valence-electron chi connectivity index (χ0n) is 19.9. The zero-order valence-corrected chi connectivity index (χ0v) is 21.5. The van der Waals surface area contributed by atoms with Crippen LogP contribution in [0.3, 0.4) is 0 Å². The van der Waals surface area contributed by atoms with Crippen LogP contribution in [0, 0.1) is 0 Å². The Kier molecular flexibility index (Phi) is 4.63. The molecule has 0 atom stereocenters. The second kappa shape index (κ2) is 8.17. The van der Waals surface area contributed by atoms with Crippen LogP contribution in [0.25, 0.3) is 51.1 Å². The fourth-order valence-electron chi connectivity index (χ4n) is 5.61. The molecule has 0 saturated heterocycles. The zero-order chi connectivity index (χ0) is 24.3. The summed E-state index contributed by atoms with van der Waals surface area (Å²) in [6.07, 6.45) is 0. The third-order valence-corrected chi connectivity index (χ3v) is 9.64. The van der Waals surface area contributed by atoms with Gasteiger partial charge in [-0.15, -0.1) is 22.7 Å². The Hall–Kier alpha value is -4.18. The fourth-order valence-corrected chi connectivity index (χ4v) is 8.16. The van der Waals surface area contributed by atoms with Gasteiger partial charge in [0.1, 0.15) is 0 Å². The first-order valence-electron chi connectivity index (χ1n) is 12.5. The van der Waals surface area contributed by atoms with Gasteiger partial charge in [-0.1, -0.05) is 91.0 Å². The van der Waals surface area contributed by atoms with Crippen LogP contribution < -0.4 is 4.90 Å². The van der Waals surface area contributed by atoms with E-state index in [0.29, 0.717) is 0 Å². The molecule has 0 aliphatic carbocycles. The highest BCUT2D eigenvalue weighted by atomic mass is 32.1. The number of rotatable bonds is 3. The van der Waals surface area contributed by atoms with Crippen molar-refractivity contribution in [1.29, 1.82) is 0 Å². The van der Waals surface area contributed by atoms with Crippen LogP contribution >= 0.6 is 22.7 Å². The summed E-state index contributed by atoms with van der Waals surface area (Å²) >= 11 is 3.81. The fraction of sp³-hybridized carbons (Fsp3) is 0. The molecule has 174 valence electrons. The minimum atomic E-state index is 1.16. The lowest BCUT2D eigenvalue weighted by molar-refractivity contribution is 1.32. The molecular formula is C34H21NS2. The molecule has 2 aromatic heterocycles. The maximum Gasteiger partial charge on any atom is 0.0640 e. The molecule has 2 heterocycles. The highest BCUT2D eigenvalue weighted by molar-refractivity contribution is 7.30. The van der Waals surface area contributed by atoms with E-state index in [2.05, 4.69) is 132 Å². The molecule has 37 heavy (non-hydrogen) atoms. The molecule has 0 N–H and O–H groups in total. The van der Waals surface area contributed by atoms with Crippen LogP contribution in [-0.4, -0.2) is 0 Å². The van der Waals surface area contributed by atoms with Gasteiger partial charge in [-0.3, -0.25) is 0 Å². The average molecular weight is 508 g/mol. The van der Waals surface area contributed by atoms with Gasteiger partial charge in [-0.05, 0) is 41.8 Å². The Labute approximate surface area is 222 Å². The number of fused-ring (bicyclic) bond motifs is 8. The Bertz CT molecular complexity index is 2090. The maximum absolute atomic E-state index is 2.43. The Balaban J connectivity index is 1.48. The summed E-state index contributed by atoms with van der Waals surface area (Å²) in [5.74, 6) is 0. The maximum atomic E-state index is 2.43. The molecule has 0 unspecified atom stereocenters. The first kappa shape index (κ1) is 21.0. The predicted molar refractivity (Wildman–Crippen MR) is 164 cm³/mol. The summed E-state index contributed by atoms with van der Waals surface area (Å²) in [4.78, 5) is 2.43. The highest BCUT2D eigenvalue weighted by Gasteiger charge is 2.20. The van der Waals surface area contributed by atoms with Crippen molar-refractivity contribution >= 4 is 90.9 Å². The first-order chi connectivity index (χ1) is 18.4. The van der Waals surface area contributed by atoms with E-state index in [9.17, 15) is 0 Å². The number of thiophene rings is 2. The monoisotopic (exact) mass is 507 g/mol. The van der Waals surface area contributed by atoms with Crippen LogP contribution in [0.15, 0.2) is 127 Å². The quantitative estimate of drug-likeness (QED) is 0.230. The number of benzene rings is 6. The summed E-state index contributed by atoms with van der Waals surface area (Å²) in [5, 5.41) is 7.89. The lowest BCUT2D eigenvalue weighted by Crippen LogP contribution is -2.10. The van der Waals surface area contributed by atoms with E-state index in [0.717, 1.165) is 5.69 Å². The highest BCUT2D eigenvalue weighted by Crippen LogP contribution is 2.49. The standard InChI is InChI=1S/C34H21NS2/c1-2-12-23(13-3-1)35(28-17-8-11-22-10-4-5-14-24(22)28)29-18-9-16-25-26-20-21-31-32(34(26)37-33(25)29)27-15-6-7-19-30(27)36-31/h1-21H. The summed E-state index contributed by atoms with van der Waals surface area (Å²) < 4.78 is 5.40. The Morgan fingerprint density at radius 1 is 0.405 bits per heavy atom. The summed E-state index contributed by atoms with van der Waals surface area (Å²) in [5.41, 5.74) is 3.57. The van der Waals surface area contributed by atoms with Crippen LogP contribution in [0.5, 0.6) is 0 Å². The molecule has 0 bridgehead atoms. The second-order valence-corrected chi connectivity index (χ2v) is 11.4. The molecule has 1 nitrogen and oxygen atoms in total. The minimum Gasteiger partial charge on any atom is -0.308 e. The van der Waals surface area contributed by atoms with Gasteiger partial charge in [-0.25, -0.2) is 0 Å². The van der Waals surface area contributed by atoms with Crippen molar-refractivity contribution in [3.05, 3.63) is 127 Å². The SMILES string of the molecule is c1ccc(N(c2cccc3ccccc23)c2cccc3c2sc2c3ccc3sc4ccccc4c32)cc1. The van der Waals surface area contributed by atoms with Crippen molar-refractivity contribution in [2.24, 2.45) is 0 Å². The van der Waals surface area contributed by atoms with Crippen LogP contribution in [-0.2, 0) is 0 Å². The molecule has 0 fully saturated rings. The average Bonchev–Trinajstić information content (AvgIpc) is 3.53. The van der Waals surface area contributed by atoms with E-state index in [-0.39, 0.29) is 0 Å². The third kappa shape index (κ3) is 3.15. The minimum absolute atomic E-state index is 1.16. The molecule has 3 heteroatoms. The van der Waals surface area contributed by atoms with Gasteiger partial charge >= 0.3 is 0 Å². The Morgan fingerprint density at radius 3 is 2.00 bits per heavy atom. The molecule has 6 aromatic carbocycles. The third-order valence-electron chi connectivity index (χ3n) is 7.25. The van der Waals surface area contributed by atoms with Gasteiger partial charge in [0.05, 0.1) is 16.1 Å². The van der Waals surface area contributed by atoms with Crippen molar-refractivity contribution in [3.8, 4) is 0 Å². The Morgan fingerprint density at radius 2 is 1.08 bits per heavy atom. The van der Waals surface area contributed by atoms with E-state index < -0.39 is 0 Å². The lowest BCUT2D eigenvalue weighted by atomic mass is 10.0. The summed E-state index contributed by atoms with van der Waals surface area (Å²) in [6.45, 7) is 0. The van der Waals surface area contributed by atoms with Crippen molar-refractivity contribution in [3.63, 3.8) is 0 Å². The van der Waals surface area contributed by atoms with E-state index >= 15 is 0 Å². The van der Waals surface area contributed by atoms with E-state index in [1.54, 1.807) is 0 Å². The first-order valence-corrected chi connectivity index (χ1v) is 14.1. The van der Waals surface area contributed by atoms with Gasteiger partial charge in [0.25, 0.3) is 0 Å². The molecule has 0 aliphatic heterocycles. The lowest BCUT2D eigenvalue weighted by Gasteiger charge is -2.27. The van der Waals surface area contributed by atoms with Gasteiger partial charge < -0.3 is 4.90 Å². The predicted octanol–water partition coefficient (Wildman–Crippen LogP) is 11.0. The smallest absolute Gasteiger partial charge is 0.0640 e. The molecular weight excluding hydrogens is 487 g/mol. The molecule has 8 aromatic rings. The number of nitrogens with zero attached hydrogens (tertiary/aromatic N) is 1.